The molecule has 0 aromatic carbocycles. The molecule has 0 unspecified atom stereocenters. The van der Waals surface area contributed by atoms with Gasteiger partial charge >= 0.3 is 0 Å². The highest BCUT2D eigenvalue weighted by molar-refractivity contribution is 7.12. The van der Waals surface area contributed by atoms with Crippen molar-refractivity contribution in [3.05, 3.63) is 22.4 Å². The molecule has 2 rings (SSSR count). The largest absolute Gasteiger partial charge is 0.376 e. The first-order chi connectivity index (χ1) is 7.40. The van der Waals surface area contributed by atoms with Crippen molar-refractivity contribution in [2.24, 2.45) is 4.99 Å². The summed E-state index contributed by atoms with van der Waals surface area (Å²) < 4.78 is 5.55. The molecule has 1 aromatic heterocycles. The summed E-state index contributed by atoms with van der Waals surface area (Å²) in [6.45, 7) is 1.77. The molecule has 1 atom stereocenters. The lowest BCUT2D eigenvalue weighted by Gasteiger charge is -2.12. The normalized spacial score (nSPS) is 21.9. The molecular formula is C11H16N2OS. The SMILES string of the molecule is CN=C(NC[C@H]1CCCO1)c1cccs1. The zero-order chi connectivity index (χ0) is 10.5. The van der Waals surface area contributed by atoms with Crippen LogP contribution in [-0.4, -0.2) is 32.1 Å². The van der Waals surface area contributed by atoms with Gasteiger partial charge in [0.25, 0.3) is 0 Å². The van der Waals surface area contributed by atoms with Gasteiger partial charge in [0.15, 0.2) is 0 Å². The van der Waals surface area contributed by atoms with Crippen LogP contribution in [0, 0.1) is 0 Å². The minimum absolute atomic E-state index is 0.363. The average molecular weight is 224 g/mol. The zero-order valence-electron chi connectivity index (χ0n) is 8.90. The molecule has 1 N–H and O–H groups in total. The first kappa shape index (κ1) is 10.6. The van der Waals surface area contributed by atoms with Crippen LogP contribution in [0.4, 0.5) is 0 Å². The van der Waals surface area contributed by atoms with Crippen molar-refractivity contribution in [1.29, 1.82) is 0 Å². The number of ether oxygens (including phenoxy) is 1. The molecule has 0 saturated carbocycles. The lowest BCUT2D eigenvalue weighted by molar-refractivity contribution is 0.114. The van der Waals surface area contributed by atoms with E-state index in [0.717, 1.165) is 25.4 Å². The summed E-state index contributed by atoms with van der Waals surface area (Å²) in [7, 11) is 1.82. The maximum absolute atomic E-state index is 5.55. The summed E-state index contributed by atoms with van der Waals surface area (Å²) in [6, 6.07) is 4.12. The standard InChI is InChI=1S/C11H16N2OS/c1-12-11(10-5-3-7-15-10)13-8-9-4-2-6-14-9/h3,5,7,9H,2,4,6,8H2,1H3,(H,12,13)/t9-/m1/s1. The number of nitrogens with zero attached hydrogens (tertiary/aromatic N) is 1. The van der Waals surface area contributed by atoms with Gasteiger partial charge in [-0.15, -0.1) is 11.3 Å². The smallest absolute Gasteiger partial charge is 0.138 e. The molecule has 0 amide bonds. The Morgan fingerprint density at radius 3 is 3.27 bits per heavy atom. The predicted molar refractivity (Wildman–Crippen MR) is 63.8 cm³/mol. The minimum Gasteiger partial charge on any atom is -0.376 e. The Morgan fingerprint density at radius 1 is 1.73 bits per heavy atom. The Hall–Kier alpha value is -0.870. The summed E-state index contributed by atoms with van der Waals surface area (Å²) in [5, 5.41) is 5.41. The molecule has 2 heterocycles. The summed E-state index contributed by atoms with van der Waals surface area (Å²) in [4.78, 5) is 5.44. The molecule has 0 radical (unpaired) electrons. The number of rotatable bonds is 3. The van der Waals surface area contributed by atoms with Gasteiger partial charge in [0.2, 0.25) is 0 Å². The Balaban J connectivity index is 1.86. The van der Waals surface area contributed by atoms with E-state index in [1.165, 1.54) is 11.3 Å². The van der Waals surface area contributed by atoms with E-state index < -0.39 is 0 Å². The van der Waals surface area contributed by atoms with Crippen LogP contribution in [0.2, 0.25) is 0 Å². The van der Waals surface area contributed by atoms with Gasteiger partial charge in [0.1, 0.15) is 5.84 Å². The van der Waals surface area contributed by atoms with Crippen LogP contribution >= 0.6 is 11.3 Å². The van der Waals surface area contributed by atoms with Gasteiger partial charge in [-0.2, -0.15) is 0 Å². The molecule has 1 fully saturated rings. The Morgan fingerprint density at radius 2 is 2.67 bits per heavy atom. The fourth-order valence-electron chi connectivity index (χ4n) is 1.71. The zero-order valence-corrected chi connectivity index (χ0v) is 9.72. The monoisotopic (exact) mass is 224 g/mol. The maximum Gasteiger partial charge on any atom is 0.138 e. The first-order valence-electron chi connectivity index (χ1n) is 5.26. The molecular weight excluding hydrogens is 208 g/mol. The third kappa shape index (κ3) is 2.79. The van der Waals surface area contributed by atoms with Crippen molar-refractivity contribution in [2.45, 2.75) is 18.9 Å². The van der Waals surface area contributed by atoms with Crippen molar-refractivity contribution in [3.8, 4) is 0 Å². The number of nitrogens with one attached hydrogen (secondary N) is 1. The molecule has 0 aliphatic carbocycles. The van der Waals surface area contributed by atoms with Gasteiger partial charge in [0.05, 0.1) is 11.0 Å². The molecule has 0 spiro atoms. The average Bonchev–Trinajstić information content (AvgIpc) is 2.90. The van der Waals surface area contributed by atoms with Gasteiger partial charge in [-0.05, 0) is 24.3 Å². The van der Waals surface area contributed by atoms with Crippen molar-refractivity contribution in [1.82, 2.24) is 5.32 Å². The third-order valence-electron chi connectivity index (χ3n) is 2.50. The number of aliphatic imine (C=N–C) groups is 1. The van der Waals surface area contributed by atoms with Crippen molar-refractivity contribution >= 4 is 17.2 Å². The highest BCUT2D eigenvalue weighted by Gasteiger charge is 2.15. The summed E-state index contributed by atoms with van der Waals surface area (Å²) in [5.74, 6) is 0.973. The Bertz CT molecular complexity index is 315. The van der Waals surface area contributed by atoms with E-state index in [1.807, 2.05) is 13.1 Å². The first-order valence-corrected chi connectivity index (χ1v) is 6.14. The summed E-state index contributed by atoms with van der Waals surface area (Å²) in [5.41, 5.74) is 0. The highest BCUT2D eigenvalue weighted by Crippen LogP contribution is 2.12. The van der Waals surface area contributed by atoms with E-state index in [1.54, 1.807) is 11.3 Å². The Labute approximate surface area is 94.2 Å². The van der Waals surface area contributed by atoms with Crippen LogP contribution in [-0.2, 0) is 4.74 Å². The molecule has 0 bridgehead atoms. The minimum atomic E-state index is 0.363. The number of hydrogen-bond donors (Lipinski definition) is 1. The molecule has 1 aromatic rings. The number of amidine groups is 1. The molecule has 3 nitrogen and oxygen atoms in total. The molecule has 4 heteroatoms. The van der Waals surface area contributed by atoms with Crippen LogP contribution in [0.5, 0.6) is 0 Å². The molecule has 15 heavy (non-hydrogen) atoms. The fourth-order valence-corrected chi connectivity index (χ4v) is 2.44. The van der Waals surface area contributed by atoms with Crippen LogP contribution in [0.25, 0.3) is 0 Å². The highest BCUT2D eigenvalue weighted by atomic mass is 32.1. The molecule has 82 valence electrons. The summed E-state index contributed by atoms with van der Waals surface area (Å²) >= 11 is 1.70. The van der Waals surface area contributed by atoms with Crippen LogP contribution in [0.15, 0.2) is 22.5 Å². The van der Waals surface area contributed by atoms with Crippen LogP contribution in [0.3, 0.4) is 0 Å². The fraction of sp³-hybridized carbons (Fsp3) is 0.545. The van der Waals surface area contributed by atoms with Crippen LogP contribution in [0.1, 0.15) is 17.7 Å². The number of thiophene rings is 1. The summed E-state index contributed by atoms with van der Waals surface area (Å²) in [6.07, 6.45) is 2.71. The molecule has 1 aliphatic rings. The van der Waals surface area contributed by atoms with E-state index in [9.17, 15) is 0 Å². The second kappa shape index (κ2) is 5.28. The van der Waals surface area contributed by atoms with E-state index in [4.69, 9.17) is 4.74 Å². The van der Waals surface area contributed by atoms with E-state index >= 15 is 0 Å². The van der Waals surface area contributed by atoms with Gasteiger partial charge < -0.3 is 10.1 Å². The Kier molecular flexibility index (Phi) is 3.75. The van der Waals surface area contributed by atoms with Crippen LogP contribution < -0.4 is 5.32 Å². The number of hydrogen-bond acceptors (Lipinski definition) is 3. The van der Waals surface area contributed by atoms with Gasteiger partial charge in [-0.1, -0.05) is 6.07 Å². The predicted octanol–water partition coefficient (Wildman–Crippen LogP) is 1.89. The van der Waals surface area contributed by atoms with Gasteiger partial charge in [0, 0.05) is 20.2 Å². The van der Waals surface area contributed by atoms with E-state index in [-0.39, 0.29) is 0 Å². The van der Waals surface area contributed by atoms with Crippen molar-refractivity contribution in [2.75, 3.05) is 20.2 Å². The van der Waals surface area contributed by atoms with E-state index in [2.05, 4.69) is 21.8 Å². The molecule has 1 saturated heterocycles. The third-order valence-corrected chi connectivity index (χ3v) is 3.38. The lowest BCUT2D eigenvalue weighted by atomic mass is 10.2. The van der Waals surface area contributed by atoms with Gasteiger partial charge in [-0.25, -0.2) is 0 Å². The molecule has 1 aliphatic heterocycles. The van der Waals surface area contributed by atoms with Gasteiger partial charge in [-0.3, -0.25) is 4.99 Å². The second-order valence-electron chi connectivity index (χ2n) is 3.57. The second-order valence-corrected chi connectivity index (χ2v) is 4.51. The quantitative estimate of drug-likeness (QED) is 0.628. The lowest BCUT2D eigenvalue weighted by Crippen LogP contribution is -2.31. The van der Waals surface area contributed by atoms with Crippen molar-refractivity contribution in [3.63, 3.8) is 0 Å². The van der Waals surface area contributed by atoms with Crippen molar-refractivity contribution < 1.29 is 4.74 Å². The van der Waals surface area contributed by atoms with E-state index in [0.29, 0.717) is 6.10 Å². The maximum atomic E-state index is 5.55. The topological polar surface area (TPSA) is 33.6 Å².